The largest absolute Gasteiger partial charge is 0.323 e. The lowest BCUT2D eigenvalue weighted by molar-refractivity contribution is 0.262. The summed E-state index contributed by atoms with van der Waals surface area (Å²) < 4.78 is 0.902. The number of aryl methyl sites for hydroxylation is 1. The monoisotopic (exact) mass is 329 g/mol. The van der Waals surface area contributed by atoms with Crippen LogP contribution in [-0.4, -0.2) is 6.03 Å². The van der Waals surface area contributed by atoms with E-state index in [4.69, 9.17) is 5.26 Å². The van der Waals surface area contributed by atoms with Gasteiger partial charge < -0.3 is 10.6 Å². The van der Waals surface area contributed by atoms with Crippen LogP contribution in [0.3, 0.4) is 0 Å². The molecule has 0 bridgehead atoms. The summed E-state index contributed by atoms with van der Waals surface area (Å²) in [5.74, 6) is 0. The first-order valence-electron chi connectivity index (χ1n) is 5.92. The molecule has 0 atom stereocenters. The highest BCUT2D eigenvalue weighted by molar-refractivity contribution is 9.10. The molecule has 0 heterocycles. The molecular formula is C15H12BrN3O. The normalized spacial score (nSPS) is 9.65. The number of halogens is 1. The summed E-state index contributed by atoms with van der Waals surface area (Å²) in [5.41, 5.74) is 2.82. The van der Waals surface area contributed by atoms with Crippen molar-refractivity contribution in [3.05, 3.63) is 58.1 Å². The van der Waals surface area contributed by atoms with E-state index < -0.39 is 0 Å². The fourth-order valence-electron chi connectivity index (χ4n) is 1.77. The number of nitriles is 1. The van der Waals surface area contributed by atoms with Gasteiger partial charge in [0.2, 0.25) is 0 Å². The van der Waals surface area contributed by atoms with E-state index in [0.29, 0.717) is 16.9 Å². The SMILES string of the molecule is Cc1cc(Br)cc(NC(=O)Nc2cccc(C#N)c2)c1. The quantitative estimate of drug-likeness (QED) is 0.863. The van der Waals surface area contributed by atoms with Crippen molar-refractivity contribution in [1.82, 2.24) is 0 Å². The zero-order valence-electron chi connectivity index (χ0n) is 10.8. The average molecular weight is 330 g/mol. The molecule has 0 aliphatic rings. The number of benzene rings is 2. The van der Waals surface area contributed by atoms with Crippen molar-refractivity contribution in [3.63, 3.8) is 0 Å². The van der Waals surface area contributed by atoms with Gasteiger partial charge in [-0.1, -0.05) is 22.0 Å². The topological polar surface area (TPSA) is 64.9 Å². The molecule has 0 aromatic heterocycles. The smallest absolute Gasteiger partial charge is 0.308 e. The van der Waals surface area contributed by atoms with E-state index in [1.165, 1.54) is 0 Å². The molecule has 2 aromatic carbocycles. The maximum atomic E-state index is 11.9. The van der Waals surface area contributed by atoms with Gasteiger partial charge in [-0.15, -0.1) is 0 Å². The van der Waals surface area contributed by atoms with Gasteiger partial charge in [0.1, 0.15) is 0 Å². The minimum Gasteiger partial charge on any atom is -0.308 e. The van der Waals surface area contributed by atoms with Crippen molar-refractivity contribution in [2.45, 2.75) is 6.92 Å². The summed E-state index contributed by atoms with van der Waals surface area (Å²) in [5, 5.41) is 14.2. The van der Waals surface area contributed by atoms with Gasteiger partial charge in [-0.3, -0.25) is 0 Å². The maximum Gasteiger partial charge on any atom is 0.323 e. The highest BCUT2D eigenvalue weighted by Gasteiger charge is 2.04. The summed E-state index contributed by atoms with van der Waals surface area (Å²) in [6.45, 7) is 1.95. The van der Waals surface area contributed by atoms with Gasteiger partial charge in [0.25, 0.3) is 0 Å². The Morgan fingerprint density at radius 3 is 2.60 bits per heavy atom. The van der Waals surface area contributed by atoms with Gasteiger partial charge >= 0.3 is 6.03 Å². The first kappa shape index (κ1) is 14.1. The Labute approximate surface area is 125 Å². The minimum atomic E-state index is -0.349. The van der Waals surface area contributed by atoms with Crippen LogP contribution in [0.2, 0.25) is 0 Å². The number of anilines is 2. The lowest BCUT2D eigenvalue weighted by Gasteiger charge is -2.09. The van der Waals surface area contributed by atoms with E-state index in [1.807, 2.05) is 31.2 Å². The Hall–Kier alpha value is -2.32. The van der Waals surface area contributed by atoms with E-state index in [2.05, 4.69) is 26.6 Å². The lowest BCUT2D eigenvalue weighted by atomic mass is 10.2. The molecule has 0 saturated heterocycles. The van der Waals surface area contributed by atoms with E-state index in [0.717, 1.165) is 10.0 Å². The molecule has 2 rings (SSSR count). The average Bonchev–Trinajstić information content (AvgIpc) is 2.37. The Balaban J connectivity index is 2.07. The molecule has 100 valence electrons. The van der Waals surface area contributed by atoms with Crippen LogP contribution >= 0.6 is 15.9 Å². The second-order valence-electron chi connectivity index (χ2n) is 4.29. The Bertz CT molecular complexity index is 672. The maximum absolute atomic E-state index is 11.9. The molecule has 0 spiro atoms. The minimum absolute atomic E-state index is 0.349. The number of hydrogen-bond donors (Lipinski definition) is 2. The number of nitrogens with zero attached hydrogens (tertiary/aromatic N) is 1. The number of amides is 2. The predicted octanol–water partition coefficient (Wildman–Crippen LogP) is 4.27. The molecule has 5 heteroatoms. The molecule has 0 aliphatic heterocycles. The van der Waals surface area contributed by atoms with Crippen LogP contribution in [0.4, 0.5) is 16.2 Å². The fourth-order valence-corrected chi connectivity index (χ4v) is 2.38. The van der Waals surface area contributed by atoms with Crippen molar-refractivity contribution in [2.24, 2.45) is 0 Å². The molecule has 20 heavy (non-hydrogen) atoms. The van der Waals surface area contributed by atoms with Gasteiger partial charge in [-0.05, 0) is 48.9 Å². The van der Waals surface area contributed by atoms with Crippen LogP contribution in [0.1, 0.15) is 11.1 Å². The predicted molar refractivity (Wildman–Crippen MR) is 82.7 cm³/mol. The molecule has 0 unspecified atom stereocenters. The van der Waals surface area contributed by atoms with Gasteiger partial charge in [-0.2, -0.15) is 5.26 Å². The Kier molecular flexibility index (Phi) is 4.38. The molecular weight excluding hydrogens is 318 g/mol. The second-order valence-corrected chi connectivity index (χ2v) is 5.20. The second kappa shape index (κ2) is 6.22. The van der Waals surface area contributed by atoms with Crippen molar-refractivity contribution in [3.8, 4) is 6.07 Å². The molecule has 0 fully saturated rings. The summed E-state index contributed by atoms with van der Waals surface area (Å²) in [4.78, 5) is 11.9. The van der Waals surface area contributed by atoms with Gasteiger partial charge in [-0.25, -0.2) is 4.79 Å². The zero-order chi connectivity index (χ0) is 14.5. The molecule has 2 amide bonds. The van der Waals surface area contributed by atoms with E-state index in [9.17, 15) is 4.79 Å². The summed E-state index contributed by atoms with van der Waals surface area (Å²) in [6, 6.07) is 14.1. The first-order chi connectivity index (χ1) is 9.56. The van der Waals surface area contributed by atoms with Crippen LogP contribution in [0.15, 0.2) is 46.9 Å². The van der Waals surface area contributed by atoms with Crippen LogP contribution < -0.4 is 10.6 Å². The molecule has 4 nitrogen and oxygen atoms in total. The summed E-state index contributed by atoms with van der Waals surface area (Å²) in [7, 11) is 0. The summed E-state index contributed by atoms with van der Waals surface area (Å²) in [6.07, 6.45) is 0. The van der Waals surface area contributed by atoms with E-state index >= 15 is 0 Å². The first-order valence-corrected chi connectivity index (χ1v) is 6.71. The van der Waals surface area contributed by atoms with Gasteiger partial charge in [0.05, 0.1) is 11.6 Å². The molecule has 2 aromatic rings. The van der Waals surface area contributed by atoms with Crippen molar-refractivity contribution < 1.29 is 4.79 Å². The van der Waals surface area contributed by atoms with Crippen LogP contribution in [0.25, 0.3) is 0 Å². The lowest BCUT2D eigenvalue weighted by Crippen LogP contribution is -2.19. The zero-order valence-corrected chi connectivity index (χ0v) is 12.4. The molecule has 0 aliphatic carbocycles. The summed E-state index contributed by atoms with van der Waals surface area (Å²) >= 11 is 3.38. The number of carbonyl (C=O) groups excluding carboxylic acids is 1. The highest BCUT2D eigenvalue weighted by atomic mass is 79.9. The van der Waals surface area contributed by atoms with E-state index in [1.54, 1.807) is 24.3 Å². The number of rotatable bonds is 2. The number of nitrogens with one attached hydrogen (secondary N) is 2. The third kappa shape index (κ3) is 3.84. The third-order valence-electron chi connectivity index (χ3n) is 2.55. The third-order valence-corrected chi connectivity index (χ3v) is 3.01. The van der Waals surface area contributed by atoms with Crippen LogP contribution in [0.5, 0.6) is 0 Å². The van der Waals surface area contributed by atoms with E-state index in [-0.39, 0.29) is 6.03 Å². The Morgan fingerprint density at radius 2 is 1.90 bits per heavy atom. The van der Waals surface area contributed by atoms with Gasteiger partial charge in [0, 0.05) is 15.8 Å². The molecule has 2 N–H and O–H groups in total. The fraction of sp³-hybridized carbons (Fsp3) is 0.0667. The number of urea groups is 1. The number of carbonyl (C=O) groups is 1. The molecule has 0 saturated carbocycles. The van der Waals surface area contributed by atoms with Crippen LogP contribution in [0, 0.1) is 18.3 Å². The standard InChI is InChI=1S/C15H12BrN3O/c1-10-5-12(16)8-14(6-10)19-15(20)18-13-4-2-3-11(7-13)9-17/h2-8H,1H3,(H2,18,19,20). The Morgan fingerprint density at radius 1 is 1.15 bits per heavy atom. The van der Waals surface area contributed by atoms with Crippen LogP contribution in [-0.2, 0) is 0 Å². The van der Waals surface area contributed by atoms with Crippen molar-refractivity contribution in [1.29, 1.82) is 5.26 Å². The van der Waals surface area contributed by atoms with Gasteiger partial charge in [0.15, 0.2) is 0 Å². The number of hydrogen-bond acceptors (Lipinski definition) is 2. The van der Waals surface area contributed by atoms with Crippen molar-refractivity contribution >= 4 is 33.3 Å². The molecule has 0 radical (unpaired) electrons. The van der Waals surface area contributed by atoms with Crippen molar-refractivity contribution in [2.75, 3.05) is 10.6 Å². The highest BCUT2D eigenvalue weighted by Crippen LogP contribution is 2.19.